The number of rotatable bonds is 2. The first-order valence-corrected chi connectivity index (χ1v) is 11.9. The molecule has 1 heterocycles. The van der Waals surface area contributed by atoms with Crippen LogP contribution < -0.4 is 5.32 Å². The number of anilines is 1. The molecule has 0 aliphatic carbocycles. The Bertz CT molecular complexity index is 640. The maximum absolute atomic E-state index is 6.53. The summed E-state index contributed by atoms with van der Waals surface area (Å²) in [5, 5.41) is 3.69. The zero-order valence-corrected chi connectivity index (χ0v) is 17.2. The minimum absolute atomic E-state index is 0.104. The van der Waals surface area contributed by atoms with Crippen LogP contribution in [0.3, 0.4) is 0 Å². The number of halogens is 1. The molecule has 0 spiro atoms. The molecule has 1 aliphatic rings. The van der Waals surface area contributed by atoms with Gasteiger partial charge in [-0.15, -0.1) is 6.42 Å². The van der Waals surface area contributed by atoms with E-state index in [1.54, 1.807) is 0 Å². The van der Waals surface area contributed by atoms with Crippen molar-refractivity contribution in [3.05, 3.63) is 27.2 Å². The fourth-order valence-corrected chi connectivity index (χ4v) is 5.30. The van der Waals surface area contributed by atoms with Crippen molar-refractivity contribution >= 4 is 29.9 Å². The van der Waals surface area contributed by atoms with Crippen molar-refractivity contribution in [1.82, 2.24) is 0 Å². The summed E-state index contributed by atoms with van der Waals surface area (Å²) < 4.78 is 7.53. The quantitative estimate of drug-likeness (QED) is 0.558. The van der Waals surface area contributed by atoms with Crippen LogP contribution in [0.2, 0.25) is 19.6 Å². The zero-order valence-electron chi connectivity index (χ0n) is 14.6. The maximum Gasteiger partial charge on any atom is 0.184 e. The molecule has 0 saturated heterocycles. The third-order valence-electron chi connectivity index (χ3n) is 4.21. The van der Waals surface area contributed by atoms with Gasteiger partial charge in [-0.1, -0.05) is 12.8 Å². The van der Waals surface area contributed by atoms with Crippen LogP contribution in [0.25, 0.3) is 0 Å². The van der Waals surface area contributed by atoms with Crippen LogP contribution in [-0.4, -0.2) is 20.0 Å². The van der Waals surface area contributed by atoms with Crippen LogP contribution in [0.5, 0.6) is 0 Å². The normalized spacial score (nSPS) is 23.4. The molecular formula is C18H26BrNOSi. The summed E-state index contributed by atoms with van der Waals surface area (Å²) in [6.07, 6.45) is 5.89. The topological polar surface area (TPSA) is 21.3 Å². The fraction of sp³-hybridized carbons (Fsp3) is 0.556. The highest BCUT2D eigenvalue weighted by atomic mass is 79.9. The van der Waals surface area contributed by atoms with Crippen molar-refractivity contribution in [1.29, 1.82) is 0 Å². The Morgan fingerprint density at radius 3 is 2.45 bits per heavy atom. The number of benzene rings is 1. The average Bonchev–Trinajstić information content (AvgIpc) is 2.35. The van der Waals surface area contributed by atoms with E-state index < -0.39 is 8.32 Å². The van der Waals surface area contributed by atoms with E-state index >= 15 is 0 Å². The second-order valence-corrected chi connectivity index (χ2v) is 13.1. The molecule has 0 saturated carbocycles. The lowest BCUT2D eigenvalue weighted by Gasteiger charge is -2.48. The SMILES string of the molecule is C#Cc1c(Br)cc(C)c2c1[C@H](C)[C@@H](O[Si](C)(C)C)C(C)(C)N2. The first-order chi connectivity index (χ1) is 9.98. The number of nitrogens with one attached hydrogen (secondary N) is 1. The molecule has 1 aliphatic heterocycles. The van der Waals surface area contributed by atoms with Gasteiger partial charge in [0.15, 0.2) is 8.32 Å². The van der Waals surface area contributed by atoms with Gasteiger partial charge >= 0.3 is 0 Å². The summed E-state index contributed by atoms with van der Waals surface area (Å²) in [5.41, 5.74) is 4.41. The fourth-order valence-electron chi connectivity index (χ4n) is 3.37. The molecule has 0 amide bonds. The first-order valence-electron chi connectivity index (χ1n) is 7.73. The van der Waals surface area contributed by atoms with Crippen LogP contribution >= 0.6 is 15.9 Å². The van der Waals surface area contributed by atoms with E-state index in [9.17, 15) is 0 Å². The van der Waals surface area contributed by atoms with Crippen molar-refractivity contribution in [3.8, 4) is 12.3 Å². The number of terminal acetylenes is 1. The molecular weight excluding hydrogens is 354 g/mol. The zero-order chi connectivity index (χ0) is 16.9. The molecule has 1 aromatic carbocycles. The predicted octanol–water partition coefficient (Wildman–Crippen LogP) is 5.27. The maximum atomic E-state index is 6.53. The predicted molar refractivity (Wildman–Crippen MR) is 101 cm³/mol. The number of aryl methyl sites for hydroxylation is 1. The Hall–Kier alpha value is -0.763. The van der Waals surface area contributed by atoms with Crippen molar-refractivity contribution in [2.45, 2.75) is 64.9 Å². The highest BCUT2D eigenvalue weighted by Crippen LogP contribution is 2.46. The molecule has 1 N–H and O–H groups in total. The van der Waals surface area contributed by atoms with Crippen LogP contribution in [0.1, 0.15) is 43.4 Å². The standard InChI is InChI=1S/C18H26BrNOSi/c1-9-13-14(19)10-11(2)16-15(13)12(3)17(18(4,5)20-16)21-22(6,7)8/h1,10,12,17,20H,2-8H3/t12-,17+/m0/s1. The van der Waals surface area contributed by atoms with E-state index in [1.165, 1.54) is 16.8 Å². The molecule has 4 heteroatoms. The van der Waals surface area contributed by atoms with Crippen LogP contribution in [-0.2, 0) is 4.43 Å². The van der Waals surface area contributed by atoms with E-state index in [4.69, 9.17) is 10.8 Å². The molecule has 2 rings (SSSR count). The van der Waals surface area contributed by atoms with E-state index in [0.717, 1.165) is 10.0 Å². The van der Waals surface area contributed by atoms with Gasteiger partial charge in [0.05, 0.1) is 11.6 Å². The Balaban J connectivity index is 2.64. The van der Waals surface area contributed by atoms with E-state index in [-0.39, 0.29) is 17.6 Å². The summed E-state index contributed by atoms with van der Waals surface area (Å²) in [6, 6.07) is 2.10. The highest BCUT2D eigenvalue weighted by Gasteiger charge is 2.44. The van der Waals surface area contributed by atoms with Crippen molar-refractivity contribution in [3.63, 3.8) is 0 Å². The lowest BCUT2D eigenvalue weighted by molar-refractivity contribution is 0.104. The summed E-state index contributed by atoms with van der Waals surface area (Å²) in [6.45, 7) is 15.5. The van der Waals surface area contributed by atoms with Gasteiger partial charge in [0.2, 0.25) is 0 Å². The number of fused-ring (bicyclic) bond motifs is 1. The minimum Gasteiger partial charge on any atom is -0.412 e. The molecule has 0 fully saturated rings. The van der Waals surface area contributed by atoms with Gasteiger partial charge in [0.1, 0.15) is 0 Å². The lowest BCUT2D eigenvalue weighted by atomic mass is 9.76. The van der Waals surface area contributed by atoms with E-state index in [1.807, 2.05) is 0 Å². The summed E-state index contributed by atoms with van der Waals surface area (Å²) in [4.78, 5) is 0. The third-order valence-corrected chi connectivity index (χ3v) is 5.79. The lowest BCUT2D eigenvalue weighted by Crippen LogP contribution is -2.54. The van der Waals surface area contributed by atoms with E-state index in [0.29, 0.717) is 0 Å². The number of hydrogen-bond acceptors (Lipinski definition) is 2. The third kappa shape index (κ3) is 3.13. The second-order valence-electron chi connectivity index (χ2n) is 7.77. The minimum atomic E-state index is -1.65. The Morgan fingerprint density at radius 2 is 1.95 bits per heavy atom. The smallest absolute Gasteiger partial charge is 0.184 e. The Kier molecular flexibility index (Phi) is 4.56. The average molecular weight is 380 g/mol. The van der Waals surface area contributed by atoms with Crippen LogP contribution in [0.15, 0.2) is 10.5 Å². The Morgan fingerprint density at radius 1 is 1.36 bits per heavy atom. The molecule has 0 unspecified atom stereocenters. The largest absolute Gasteiger partial charge is 0.412 e. The van der Waals surface area contributed by atoms with Gasteiger partial charge < -0.3 is 9.74 Å². The second kappa shape index (κ2) is 5.70. The summed E-state index contributed by atoms with van der Waals surface area (Å²) >= 11 is 3.62. The molecule has 120 valence electrons. The molecule has 2 atom stereocenters. The van der Waals surface area contributed by atoms with Gasteiger partial charge in [-0.2, -0.15) is 0 Å². The summed E-state index contributed by atoms with van der Waals surface area (Å²) in [7, 11) is -1.65. The molecule has 0 radical (unpaired) electrons. The summed E-state index contributed by atoms with van der Waals surface area (Å²) in [5.74, 6) is 3.11. The van der Waals surface area contributed by atoms with Gasteiger partial charge in [-0.3, -0.25) is 0 Å². The highest BCUT2D eigenvalue weighted by molar-refractivity contribution is 9.10. The van der Waals surface area contributed by atoms with Crippen LogP contribution in [0.4, 0.5) is 5.69 Å². The molecule has 0 bridgehead atoms. The van der Waals surface area contributed by atoms with Crippen molar-refractivity contribution in [2.24, 2.45) is 0 Å². The van der Waals surface area contributed by atoms with Gasteiger partial charge in [-0.25, -0.2) is 0 Å². The van der Waals surface area contributed by atoms with E-state index in [2.05, 4.69) is 80.6 Å². The molecule has 2 nitrogen and oxygen atoms in total. The monoisotopic (exact) mass is 379 g/mol. The van der Waals surface area contributed by atoms with Gasteiger partial charge in [0, 0.05) is 21.6 Å². The van der Waals surface area contributed by atoms with Crippen molar-refractivity contribution in [2.75, 3.05) is 5.32 Å². The Labute approximate surface area is 144 Å². The molecule has 0 aromatic heterocycles. The first kappa shape index (κ1) is 17.6. The van der Waals surface area contributed by atoms with Gasteiger partial charge in [0.25, 0.3) is 0 Å². The van der Waals surface area contributed by atoms with Gasteiger partial charge in [-0.05, 0) is 73.5 Å². The molecule has 1 aromatic rings. The van der Waals surface area contributed by atoms with Crippen molar-refractivity contribution < 1.29 is 4.43 Å². The molecule has 22 heavy (non-hydrogen) atoms. The van der Waals surface area contributed by atoms with Crippen LogP contribution in [0, 0.1) is 19.3 Å². The number of hydrogen-bond donors (Lipinski definition) is 1.